The minimum atomic E-state index is -1.72. The van der Waals surface area contributed by atoms with Crippen LogP contribution in [0.15, 0.2) is 11.6 Å². The highest BCUT2D eigenvalue weighted by molar-refractivity contribution is 6.74. The summed E-state index contributed by atoms with van der Waals surface area (Å²) in [6.07, 6.45) is 10.2. The van der Waals surface area contributed by atoms with Gasteiger partial charge in [0.05, 0.1) is 6.61 Å². The monoisotopic (exact) mass is 336 g/mol. The van der Waals surface area contributed by atoms with Crippen molar-refractivity contribution in [3.63, 3.8) is 0 Å². The molecule has 3 heteroatoms. The van der Waals surface area contributed by atoms with Crippen molar-refractivity contribution in [1.29, 1.82) is 0 Å². The standard InChI is InChI=1S/C20H36O2Si/c1-18(2,3)23(5,6)22-16-8-7-11-19(4)15(16)9-10-17(19)20(14-21)12-13-20/h10,15-16,21H,7-9,11-14H2,1-6H3/t15?,16-,19+/m0/s1. The summed E-state index contributed by atoms with van der Waals surface area (Å²) in [6, 6.07) is 0. The first kappa shape index (κ1) is 17.7. The molecule has 1 unspecified atom stereocenters. The fourth-order valence-corrected chi connectivity index (χ4v) is 6.27. The van der Waals surface area contributed by atoms with Gasteiger partial charge in [0.15, 0.2) is 8.32 Å². The van der Waals surface area contributed by atoms with Gasteiger partial charge < -0.3 is 9.53 Å². The lowest BCUT2D eigenvalue weighted by Crippen LogP contribution is -2.50. The Kier molecular flexibility index (Phi) is 4.18. The van der Waals surface area contributed by atoms with E-state index in [-0.39, 0.29) is 15.9 Å². The molecule has 2 saturated carbocycles. The summed E-state index contributed by atoms with van der Waals surface area (Å²) < 4.78 is 6.88. The van der Waals surface area contributed by atoms with Gasteiger partial charge in [0.25, 0.3) is 0 Å². The van der Waals surface area contributed by atoms with Gasteiger partial charge >= 0.3 is 0 Å². The second kappa shape index (κ2) is 5.44. The molecule has 23 heavy (non-hydrogen) atoms. The highest BCUT2D eigenvalue weighted by atomic mass is 28.4. The molecule has 0 saturated heterocycles. The molecule has 2 fully saturated rings. The first-order valence-electron chi connectivity index (χ1n) is 9.56. The van der Waals surface area contributed by atoms with E-state index < -0.39 is 8.32 Å². The summed E-state index contributed by atoms with van der Waals surface area (Å²) in [4.78, 5) is 0. The van der Waals surface area contributed by atoms with Crippen molar-refractivity contribution >= 4 is 8.32 Å². The van der Waals surface area contributed by atoms with E-state index in [9.17, 15) is 5.11 Å². The van der Waals surface area contributed by atoms with Crippen LogP contribution >= 0.6 is 0 Å². The molecule has 3 atom stereocenters. The zero-order valence-corrected chi connectivity index (χ0v) is 17.0. The second-order valence-electron chi connectivity index (χ2n) is 10.1. The fourth-order valence-electron chi connectivity index (χ4n) is 4.87. The Morgan fingerprint density at radius 2 is 1.91 bits per heavy atom. The van der Waals surface area contributed by atoms with Gasteiger partial charge in [0, 0.05) is 11.5 Å². The third-order valence-corrected chi connectivity index (χ3v) is 12.1. The van der Waals surface area contributed by atoms with Crippen LogP contribution in [-0.2, 0) is 4.43 Å². The van der Waals surface area contributed by atoms with Crippen molar-refractivity contribution in [3.05, 3.63) is 11.6 Å². The minimum absolute atomic E-state index is 0.141. The molecule has 0 spiro atoms. The Morgan fingerprint density at radius 3 is 2.43 bits per heavy atom. The largest absolute Gasteiger partial charge is 0.414 e. The fraction of sp³-hybridized carbons (Fsp3) is 0.900. The van der Waals surface area contributed by atoms with Gasteiger partial charge in [-0.2, -0.15) is 0 Å². The van der Waals surface area contributed by atoms with Crippen LogP contribution in [0.4, 0.5) is 0 Å². The molecular formula is C20H36O2Si. The van der Waals surface area contributed by atoms with Gasteiger partial charge in [0.1, 0.15) is 0 Å². The summed E-state index contributed by atoms with van der Waals surface area (Å²) in [5, 5.41) is 10.2. The van der Waals surface area contributed by atoms with Crippen LogP contribution in [-0.4, -0.2) is 26.1 Å². The van der Waals surface area contributed by atoms with Gasteiger partial charge in [-0.05, 0) is 61.6 Å². The molecule has 0 bridgehead atoms. The zero-order chi connectivity index (χ0) is 17.1. The van der Waals surface area contributed by atoms with Crippen LogP contribution in [0, 0.1) is 16.7 Å². The van der Waals surface area contributed by atoms with E-state index in [1.807, 2.05) is 0 Å². The maximum atomic E-state index is 9.92. The highest BCUT2D eigenvalue weighted by Crippen LogP contribution is 2.65. The molecule has 0 aromatic rings. The van der Waals surface area contributed by atoms with E-state index >= 15 is 0 Å². The van der Waals surface area contributed by atoms with Crippen LogP contribution in [0.2, 0.25) is 18.1 Å². The number of fused-ring (bicyclic) bond motifs is 1. The van der Waals surface area contributed by atoms with Crippen LogP contribution in [0.25, 0.3) is 0 Å². The molecule has 0 radical (unpaired) electrons. The van der Waals surface area contributed by atoms with Crippen LogP contribution in [0.1, 0.15) is 66.2 Å². The Bertz CT molecular complexity index is 498. The molecule has 0 aromatic carbocycles. The second-order valence-corrected chi connectivity index (χ2v) is 14.9. The van der Waals surface area contributed by atoms with E-state index in [2.05, 4.69) is 46.9 Å². The molecule has 3 rings (SSSR count). The Hall–Kier alpha value is -0.123. The van der Waals surface area contributed by atoms with E-state index in [4.69, 9.17) is 4.43 Å². The molecule has 3 aliphatic rings. The predicted molar refractivity (Wildman–Crippen MR) is 99.0 cm³/mol. The summed E-state index contributed by atoms with van der Waals surface area (Å²) in [5.41, 5.74) is 1.99. The molecule has 3 aliphatic carbocycles. The molecule has 132 valence electrons. The molecule has 0 amide bonds. The van der Waals surface area contributed by atoms with Gasteiger partial charge in [-0.1, -0.05) is 45.8 Å². The Labute approximate surface area is 143 Å². The maximum Gasteiger partial charge on any atom is 0.192 e. The van der Waals surface area contributed by atoms with Crippen LogP contribution in [0.3, 0.4) is 0 Å². The van der Waals surface area contributed by atoms with Crippen molar-refractivity contribution < 1.29 is 9.53 Å². The third-order valence-electron chi connectivity index (χ3n) is 7.62. The van der Waals surface area contributed by atoms with Gasteiger partial charge in [-0.3, -0.25) is 0 Å². The number of hydrogen-bond acceptors (Lipinski definition) is 2. The predicted octanol–water partition coefficient (Wildman–Crippen LogP) is 5.29. The van der Waals surface area contributed by atoms with E-state index in [0.717, 1.165) is 6.42 Å². The Balaban J connectivity index is 1.80. The quantitative estimate of drug-likeness (QED) is 0.558. The lowest BCUT2D eigenvalue weighted by atomic mass is 9.62. The molecule has 1 N–H and O–H groups in total. The SMILES string of the molecule is CC(C)(C)[Si](C)(C)O[C@H]1CCC[C@@]2(C)C(C3(CO)CC3)=CCC12. The molecule has 2 nitrogen and oxygen atoms in total. The highest BCUT2D eigenvalue weighted by Gasteiger charge is 2.58. The van der Waals surface area contributed by atoms with Crippen LogP contribution < -0.4 is 0 Å². The van der Waals surface area contributed by atoms with Crippen molar-refractivity contribution in [2.45, 2.75) is 90.5 Å². The topological polar surface area (TPSA) is 29.5 Å². The summed E-state index contributed by atoms with van der Waals surface area (Å²) in [7, 11) is -1.72. The smallest absolute Gasteiger partial charge is 0.192 e. The average Bonchev–Trinajstić information content (AvgIpc) is 3.13. The third kappa shape index (κ3) is 2.77. The number of rotatable bonds is 4. The summed E-state index contributed by atoms with van der Waals surface area (Å²) >= 11 is 0. The number of hydrogen-bond donors (Lipinski definition) is 1. The lowest BCUT2D eigenvalue weighted by molar-refractivity contribution is 0.0127. The Morgan fingerprint density at radius 1 is 1.26 bits per heavy atom. The summed E-state index contributed by atoms with van der Waals surface area (Å²) in [5.74, 6) is 0.629. The van der Waals surface area contributed by atoms with Crippen molar-refractivity contribution in [3.8, 4) is 0 Å². The number of aliphatic hydroxyl groups excluding tert-OH is 1. The van der Waals surface area contributed by atoms with Gasteiger partial charge in [-0.15, -0.1) is 0 Å². The van der Waals surface area contributed by atoms with Crippen molar-refractivity contribution in [2.24, 2.45) is 16.7 Å². The number of aliphatic hydroxyl groups is 1. The molecule has 0 aliphatic heterocycles. The van der Waals surface area contributed by atoms with Crippen molar-refractivity contribution in [1.82, 2.24) is 0 Å². The van der Waals surface area contributed by atoms with Gasteiger partial charge in [0.2, 0.25) is 0 Å². The molecule has 0 aromatic heterocycles. The van der Waals surface area contributed by atoms with Gasteiger partial charge in [-0.25, -0.2) is 0 Å². The van der Waals surface area contributed by atoms with Crippen LogP contribution in [0.5, 0.6) is 0 Å². The minimum Gasteiger partial charge on any atom is -0.414 e. The zero-order valence-electron chi connectivity index (χ0n) is 16.0. The van der Waals surface area contributed by atoms with E-state index in [0.29, 0.717) is 18.6 Å². The molecule has 0 heterocycles. The normalized spacial score (nSPS) is 36.6. The summed E-state index contributed by atoms with van der Waals surface area (Å²) in [6.45, 7) is 14.6. The molecular weight excluding hydrogens is 300 g/mol. The first-order chi connectivity index (χ1) is 10.6. The first-order valence-corrected chi connectivity index (χ1v) is 12.5. The number of allylic oxidation sites excluding steroid dienone is 1. The lowest BCUT2D eigenvalue weighted by Gasteiger charge is -2.49. The maximum absolute atomic E-state index is 9.92. The average molecular weight is 337 g/mol. The van der Waals surface area contributed by atoms with E-state index in [1.165, 1.54) is 32.1 Å². The van der Waals surface area contributed by atoms with Crippen molar-refractivity contribution in [2.75, 3.05) is 6.61 Å². The van der Waals surface area contributed by atoms with E-state index in [1.54, 1.807) is 5.57 Å².